The second kappa shape index (κ2) is 7.46. The van der Waals surface area contributed by atoms with Crippen molar-refractivity contribution in [2.45, 2.75) is 0 Å². The molecular formula is C31H19N3. The zero-order chi connectivity index (χ0) is 22.5. The summed E-state index contributed by atoms with van der Waals surface area (Å²) in [6, 6.07) is 30.0. The summed E-state index contributed by atoms with van der Waals surface area (Å²) in [7, 11) is 0. The van der Waals surface area contributed by atoms with E-state index in [0.29, 0.717) is 0 Å². The third-order valence-electron chi connectivity index (χ3n) is 6.67. The Labute approximate surface area is 196 Å². The second-order valence-corrected chi connectivity index (χ2v) is 8.53. The van der Waals surface area contributed by atoms with Gasteiger partial charge < -0.3 is 0 Å². The maximum Gasteiger partial charge on any atom is 0.0708 e. The molecule has 158 valence electrons. The quantitative estimate of drug-likeness (QED) is 0.267. The van der Waals surface area contributed by atoms with E-state index in [1.54, 1.807) is 0 Å². The minimum atomic E-state index is 0.986. The Bertz CT molecular complexity index is 1720. The average molecular weight is 434 g/mol. The first-order valence-electron chi connectivity index (χ1n) is 11.4. The molecule has 4 aromatic carbocycles. The minimum absolute atomic E-state index is 0.986. The molecule has 0 saturated carbocycles. The van der Waals surface area contributed by atoms with Crippen LogP contribution in [0.2, 0.25) is 0 Å². The van der Waals surface area contributed by atoms with Crippen LogP contribution in [0.15, 0.2) is 116 Å². The molecule has 0 atom stereocenters. The largest absolute Gasteiger partial charge is 0.264 e. The lowest BCUT2D eigenvalue weighted by atomic mass is 9.85. The smallest absolute Gasteiger partial charge is 0.0708 e. The third-order valence-corrected chi connectivity index (χ3v) is 6.67. The molecule has 0 saturated heterocycles. The van der Waals surface area contributed by atoms with E-state index in [1.165, 1.54) is 43.4 Å². The molecule has 7 rings (SSSR count). The first kappa shape index (κ1) is 18.9. The van der Waals surface area contributed by atoms with Crippen LogP contribution in [0.1, 0.15) is 0 Å². The number of nitrogens with zero attached hydrogens (tertiary/aromatic N) is 3. The van der Waals surface area contributed by atoms with Gasteiger partial charge in [0.25, 0.3) is 0 Å². The van der Waals surface area contributed by atoms with Crippen molar-refractivity contribution in [3.63, 3.8) is 0 Å². The summed E-state index contributed by atoms with van der Waals surface area (Å²) >= 11 is 0. The van der Waals surface area contributed by atoms with Crippen LogP contribution in [-0.4, -0.2) is 15.0 Å². The van der Waals surface area contributed by atoms with Crippen molar-refractivity contribution < 1.29 is 0 Å². The van der Waals surface area contributed by atoms with Crippen molar-refractivity contribution in [2.75, 3.05) is 0 Å². The summed E-state index contributed by atoms with van der Waals surface area (Å²) < 4.78 is 0. The van der Waals surface area contributed by atoms with E-state index in [-0.39, 0.29) is 0 Å². The molecule has 0 aliphatic carbocycles. The van der Waals surface area contributed by atoms with E-state index in [1.807, 2.05) is 55.2 Å². The first-order chi connectivity index (χ1) is 16.9. The summed E-state index contributed by atoms with van der Waals surface area (Å²) in [6.45, 7) is 0. The number of rotatable bonds is 3. The van der Waals surface area contributed by atoms with Crippen molar-refractivity contribution in [3.05, 3.63) is 116 Å². The Balaban J connectivity index is 1.67. The average Bonchev–Trinajstić information content (AvgIpc) is 2.92. The van der Waals surface area contributed by atoms with Gasteiger partial charge in [-0.3, -0.25) is 15.0 Å². The van der Waals surface area contributed by atoms with Crippen LogP contribution in [0.3, 0.4) is 0 Å². The molecule has 7 aromatic rings. The molecule has 3 heteroatoms. The van der Waals surface area contributed by atoms with Crippen LogP contribution in [0.25, 0.3) is 65.8 Å². The molecule has 0 spiro atoms. The van der Waals surface area contributed by atoms with E-state index in [9.17, 15) is 0 Å². The van der Waals surface area contributed by atoms with Gasteiger partial charge in [0.2, 0.25) is 0 Å². The van der Waals surface area contributed by atoms with Crippen molar-refractivity contribution in [1.29, 1.82) is 0 Å². The van der Waals surface area contributed by atoms with Crippen LogP contribution in [-0.2, 0) is 0 Å². The monoisotopic (exact) mass is 433 g/mol. The van der Waals surface area contributed by atoms with Crippen molar-refractivity contribution >= 4 is 32.3 Å². The van der Waals surface area contributed by atoms with Gasteiger partial charge in [0.05, 0.1) is 5.69 Å². The fourth-order valence-electron chi connectivity index (χ4n) is 5.16. The van der Waals surface area contributed by atoms with Gasteiger partial charge in [-0.15, -0.1) is 0 Å². The Kier molecular flexibility index (Phi) is 4.15. The molecule has 0 amide bonds. The van der Waals surface area contributed by atoms with Crippen LogP contribution in [0.4, 0.5) is 0 Å². The first-order valence-corrected chi connectivity index (χ1v) is 11.4. The number of aromatic nitrogens is 3. The molecule has 0 bridgehead atoms. The maximum atomic E-state index is 4.65. The lowest BCUT2D eigenvalue weighted by Crippen LogP contribution is -1.93. The van der Waals surface area contributed by atoms with Crippen LogP contribution >= 0.6 is 0 Å². The van der Waals surface area contributed by atoms with Crippen LogP contribution in [0, 0.1) is 0 Å². The predicted octanol–water partition coefficient (Wildman–Crippen LogP) is 7.77. The van der Waals surface area contributed by atoms with E-state index in [0.717, 1.165) is 22.4 Å². The van der Waals surface area contributed by atoms with Crippen molar-refractivity contribution in [3.8, 4) is 33.5 Å². The summed E-state index contributed by atoms with van der Waals surface area (Å²) in [5, 5.41) is 7.45. The molecule has 0 unspecified atom stereocenters. The van der Waals surface area contributed by atoms with E-state index < -0.39 is 0 Å². The molecule has 34 heavy (non-hydrogen) atoms. The molecule has 0 radical (unpaired) electrons. The summed E-state index contributed by atoms with van der Waals surface area (Å²) in [5.41, 5.74) is 6.71. The van der Waals surface area contributed by atoms with Gasteiger partial charge in [-0.1, -0.05) is 54.6 Å². The Morgan fingerprint density at radius 3 is 1.74 bits per heavy atom. The highest BCUT2D eigenvalue weighted by atomic mass is 14.7. The van der Waals surface area contributed by atoms with E-state index >= 15 is 0 Å². The molecule has 3 aromatic heterocycles. The van der Waals surface area contributed by atoms with Gasteiger partial charge in [-0.25, -0.2) is 0 Å². The Hall–Kier alpha value is -4.63. The van der Waals surface area contributed by atoms with Crippen molar-refractivity contribution in [2.24, 2.45) is 0 Å². The SMILES string of the molecule is c1ccc(-c2ccc3ccc4c(-c5cccnc5)cc(-c5cccnc5)c5ccc2c3c45)nc1. The topological polar surface area (TPSA) is 38.7 Å². The van der Waals surface area contributed by atoms with E-state index in [4.69, 9.17) is 0 Å². The van der Waals surface area contributed by atoms with Gasteiger partial charge in [0.1, 0.15) is 0 Å². The standard InChI is InChI=1S/C31H19N3/c1-2-16-34-29(7-1)23-10-8-20-9-11-25-27(21-5-3-14-32-18-21)17-28(22-6-4-15-33-19-22)26-13-12-24(23)30(20)31(25)26/h1-19H. The van der Waals surface area contributed by atoms with E-state index in [2.05, 4.69) is 75.6 Å². The van der Waals surface area contributed by atoms with Gasteiger partial charge in [0.15, 0.2) is 0 Å². The lowest BCUT2D eigenvalue weighted by molar-refractivity contribution is 1.33. The fourth-order valence-corrected chi connectivity index (χ4v) is 5.16. The van der Waals surface area contributed by atoms with Gasteiger partial charge >= 0.3 is 0 Å². The van der Waals surface area contributed by atoms with Gasteiger partial charge in [-0.05, 0) is 73.8 Å². The van der Waals surface area contributed by atoms with Gasteiger partial charge in [0, 0.05) is 47.7 Å². The zero-order valence-electron chi connectivity index (χ0n) is 18.3. The zero-order valence-corrected chi connectivity index (χ0v) is 18.3. The number of benzene rings is 4. The molecule has 3 nitrogen and oxygen atoms in total. The maximum absolute atomic E-state index is 4.65. The molecule has 0 aliphatic heterocycles. The van der Waals surface area contributed by atoms with Crippen molar-refractivity contribution in [1.82, 2.24) is 15.0 Å². The van der Waals surface area contributed by atoms with Gasteiger partial charge in [-0.2, -0.15) is 0 Å². The molecule has 0 N–H and O–H groups in total. The highest BCUT2D eigenvalue weighted by Crippen LogP contribution is 2.45. The molecule has 0 aliphatic rings. The highest BCUT2D eigenvalue weighted by molar-refractivity contribution is 6.29. The Morgan fingerprint density at radius 1 is 0.471 bits per heavy atom. The minimum Gasteiger partial charge on any atom is -0.264 e. The summed E-state index contributed by atoms with van der Waals surface area (Å²) in [4.78, 5) is 13.5. The fraction of sp³-hybridized carbons (Fsp3) is 0. The normalized spacial score (nSPS) is 11.5. The number of hydrogen-bond donors (Lipinski definition) is 0. The summed E-state index contributed by atoms with van der Waals surface area (Å²) in [6.07, 6.45) is 9.38. The summed E-state index contributed by atoms with van der Waals surface area (Å²) in [5.74, 6) is 0. The molecule has 0 fully saturated rings. The predicted molar refractivity (Wildman–Crippen MR) is 140 cm³/mol. The third kappa shape index (κ3) is 2.81. The lowest BCUT2D eigenvalue weighted by Gasteiger charge is -2.19. The highest BCUT2D eigenvalue weighted by Gasteiger charge is 2.18. The molecule has 3 heterocycles. The Morgan fingerprint density at radius 2 is 1.12 bits per heavy atom. The van der Waals surface area contributed by atoms with Crippen LogP contribution in [0.5, 0.6) is 0 Å². The number of hydrogen-bond acceptors (Lipinski definition) is 3. The molecular weight excluding hydrogens is 414 g/mol. The van der Waals surface area contributed by atoms with Crippen LogP contribution < -0.4 is 0 Å². The second-order valence-electron chi connectivity index (χ2n) is 8.53. The number of pyridine rings is 3.